The van der Waals surface area contributed by atoms with Crippen molar-refractivity contribution in [3.8, 4) is 5.75 Å². The molecule has 0 bridgehead atoms. The number of hydrogen-bond acceptors (Lipinski definition) is 4. The van der Waals surface area contributed by atoms with Gasteiger partial charge in [0.2, 0.25) is 5.91 Å². The molecule has 24 heavy (non-hydrogen) atoms. The van der Waals surface area contributed by atoms with Gasteiger partial charge in [0.15, 0.2) is 0 Å². The van der Waals surface area contributed by atoms with Gasteiger partial charge < -0.3 is 10.1 Å². The summed E-state index contributed by atoms with van der Waals surface area (Å²) in [7, 11) is -2.27. The van der Waals surface area contributed by atoms with Crippen LogP contribution in [0.2, 0.25) is 0 Å². The fourth-order valence-corrected chi connectivity index (χ4v) is 3.64. The molecule has 0 radical (unpaired) electrons. The largest absolute Gasteiger partial charge is 0.494 e. The first-order valence-electron chi connectivity index (χ1n) is 7.28. The van der Waals surface area contributed by atoms with E-state index in [1.54, 1.807) is 31.2 Å². The number of hydrogen-bond donors (Lipinski definition) is 2. The zero-order chi connectivity index (χ0) is 17.9. The third kappa shape index (κ3) is 4.05. The number of benzene rings is 2. The van der Waals surface area contributed by atoms with Gasteiger partial charge in [0.1, 0.15) is 5.75 Å². The topological polar surface area (TPSA) is 84.5 Å². The number of nitrogens with one attached hydrogen (secondary N) is 2. The van der Waals surface area contributed by atoms with Crippen LogP contribution in [-0.4, -0.2) is 21.4 Å². The van der Waals surface area contributed by atoms with Gasteiger partial charge in [0.25, 0.3) is 10.0 Å². The van der Waals surface area contributed by atoms with Crippen molar-refractivity contribution in [1.29, 1.82) is 0 Å². The number of carbonyl (C=O) groups excluding carboxylic acids is 1. The highest BCUT2D eigenvalue weighted by Crippen LogP contribution is 2.29. The summed E-state index contributed by atoms with van der Waals surface area (Å²) in [6, 6.07) is 9.81. The molecule has 0 atom stereocenters. The molecule has 2 N–H and O–H groups in total. The van der Waals surface area contributed by atoms with E-state index < -0.39 is 10.0 Å². The smallest absolute Gasteiger partial charge is 0.262 e. The maximum Gasteiger partial charge on any atom is 0.262 e. The Kier molecular flexibility index (Phi) is 5.14. The lowest BCUT2D eigenvalue weighted by Crippen LogP contribution is -2.14. The Morgan fingerprint density at radius 2 is 1.79 bits per heavy atom. The number of anilines is 2. The van der Waals surface area contributed by atoms with E-state index in [0.717, 1.165) is 5.56 Å². The van der Waals surface area contributed by atoms with Crippen molar-refractivity contribution in [3.05, 3.63) is 47.5 Å². The van der Waals surface area contributed by atoms with Gasteiger partial charge in [-0.3, -0.25) is 9.52 Å². The highest BCUT2D eigenvalue weighted by atomic mass is 32.2. The quantitative estimate of drug-likeness (QED) is 0.870. The van der Waals surface area contributed by atoms with E-state index in [2.05, 4.69) is 10.0 Å². The molecule has 0 aliphatic carbocycles. The number of sulfonamides is 1. The summed E-state index contributed by atoms with van der Waals surface area (Å²) < 4.78 is 32.9. The molecule has 2 aromatic carbocycles. The maximum atomic E-state index is 12.6. The second-order valence-electron chi connectivity index (χ2n) is 5.47. The average molecular weight is 348 g/mol. The molecular formula is C17H20N2O4S. The van der Waals surface area contributed by atoms with E-state index in [1.165, 1.54) is 20.1 Å². The predicted octanol–water partition coefficient (Wildman–Crippen LogP) is 3.07. The normalized spacial score (nSPS) is 11.0. The molecule has 128 valence electrons. The summed E-state index contributed by atoms with van der Waals surface area (Å²) in [5, 5.41) is 2.62. The van der Waals surface area contributed by atoms with Crippen LogP contribution in [0.25, 0.3) is 0 Å². The van der Waals surface area contributed by atoms with Crippen molar-refractivity contribution in [2.24, 2.45) is 0 Å². The summed E-state index contributed by atoms with van der Waals surface area (Å²) in [5.41, 5.74) is 2.48. The van der Waals surface area contributed by atoms with Crippen LogP contribution in [0.3, 0.4) is 0 Å². The minimum Gasteiger partial charge on any atom is -0.494 e. The number of aryl methyl sites for hydroxylation is 2. The summed E-state index contributed by atoms with van der Waals surface area (Å²) in [6.45, 7) is 5.04. The van der Waals surface area contributed by atoms with Gasteiger partial charge >= 0.3 is 0 Å². The van der Waals surface area contributed by atoms with Crippen LogP contribution in [0.5, 0.6) is 5.75 Å². The van der Waals surface area contributed by atoms with Crippen LogP contribution < -0.4 is 14.8 Å². The van der Waals surface area contributed by atoms with Crippen molar-refractivity contribution in [3.63, 3.8) is 0 Å². The lowest BCUT2D eigenvalue weighted by Gasteiger charge is -2.14. The van der Waals surface area contributed by atoms with Crippen LogP contribution in [0.1, 0.15) is 18.1 Å². The van der Waals surface area contributed by atoms with Crippen LogP contribution in [0.4, 0.5) is 11.4 Å². The average Bonchev–Trinajstić information content (AvgIpc) is 2.47. The van der Waals surface area contributed by atoms with Gasteiger partial charge in [-0.1, -0.05) is 17.7 Å². The molecule has 6 nitrogen and oxygen atoms in total. The molecular weight excluding hydrogens is 328 g/mol. The molecule has 2 aromatic rings. The zero-order valence-electron chi connectivity index (χ0n) is 14.0. The molecule has 0 saturated carbocycles. The molecule has 0 unspecified atom stereocenters. The van der Waals surface area contributed by atoms with Crippen molar-refractivity contribution in [2.45, 2.75) is 25.7 Å². The van der Waals surface area contributed by atoms with E-state index in [9.17, 15) is 13.2 Å². The first-order chi connectivity index (χ1) is 11.2. The van der Waals surface area contributed by atoms with Crippen molar-refractivity contribution < 1.29 is 17.9 Å². The van der Waals surface area contributed by atoms with Gasteiger partial charge in [-0.15, -0.1) is 0 Å². The molecule has 1 amide bonds. The van der Waals surface area contributed by atoms with Gasteiger partial charge in [-0.2, -0.15) is 0 Å². The minimum atomic E-state index is -3.71. The van der Waals surface area contributed by atoms with Gasteiger partial charge in [-0.05, 0) is 37.6 Å². The zero-order valence-corrected chi connectivity index (χ0v) is 14.8. The Morgan fingerprint density at radius 3 is 2.38 bits per heavy atom. The molecule has 0 aliphatic rings. The van der Waals surface area contributed by atoms with Crippen molar-refractivity contribution in [2.75, 3.05) is 17.1 Å². The maximum absolute atomic E-state index is 12.6. The summed E-state index contributed by atoms with van der Waals surface area (Å²) in [6.07, 6.45) is 0. The fourth-order valence-electron chi connectivity index (χ4n) is 2.36. The second kappa shape index (κ2) is 6.92. The lowest BCUT2D eigenvalue weighted by molar-refractivity contribution is -0.114. The molecule has 0 aliphatic heterocycles. The Balaban J connectivity index is 2.34. The van der Waals surface area contributed by atoms with Crippen molar-refractivity contribution >= 4 is 27.3 Å². The lowest BCUT2D eigenvalue weighted by atomic mass is 10.2. The van der Waals surface area contributed by atoms with E-state index in [4.69, 9.17) is 4.74 Å². The number of methoxy groups -OCH3 is 1. The SMILES string of the molecule is COc1cc(NS(=O)(=O)c2ccc(C)cc2C)ccc1NC(C)=O. The second-order valence-corrected chi connectivity index (χ2v) is 7.12. The van der Waals surface area contributed by atoms with Crippen LogP contribution >= 0.6 is 0 Å². The Labute approximate surface area is 141 Å². The number of rotatable bonds is 5. The summed E-state index contributed by atoms with van der Waals surface area (Å²) >= 11 is 0. The molecule has 0 spiro atoms. The summed E-state index contributed by atoms with van der Waals surface area (Å²) in [5.74, 6) is 0.128. The van der Waals surface area contributed by atoms with Gasteiger partial charge in [-0.25, -0.2) is 8.42 Å². The Bertz CT molecular complexity index is 876. The van der Waals surface area contributed by atoms with E-state index >= 15 is 0 Å². The molecule has 7 heteroatoms. The molecule has 2 rings (SSSR count). The standard InChI is InChI=1S/C17H20N2O4S/c1-11-5-8-17(12(2)9-11)24(21,22)19-14-6-7-15(18-13(3)20)16(10-14)23-4/h5-10,19H,1-4H3,(H,18,20). The molecule has 0 heterocycles. The Morgan fingerprint density at radius 1 is 1.08 bits per heavy atom. The highest BCUT2D eigenvalue weighted by Gasteiger charge is 2.18. The number of carbonyl (C=O) groups is 1. The Hall–Kier alpha value is -2.54. The van der Waals surface area contributed by atoms with Gasteiger partial charge in [0, 0.05) is 13.0 Å². The first kappa shape index (κ1) is 17.8. The number of ether oxygens (including phenoxy) is 1. The van der Waals surface area contributed by atoms with E-state index in [-0.39, 0.29) is 10.8 Å². The van der Waals surface area contributed by atoms with Crippen LogP contribution in [0, 0.1) is 13.8 Å². The fraction of sp³-hybridized carbons (Fsp3) is 0.235. The molecule has 0 fully saturated rings. The van der Waals surface area contributed by atoms with Crippen molar-refractivity contribution in [1.82, 2.24) is 0 Å². The third-order valence-electron chi connectivity index (χ3n) is 3.38. The van der Waals surface area contributed by atoms with E-state index in [0.29, 0.717) is 22.7 Å². The van der Waals surface area contributed by atoms with Gasteiger partial charge in [0.05, 0.1) is 23.4 Å². The first-order valence-corrected chi connectivity index (χ1v) is 8.77. The third-order valence-corrected chi connectivity index (χ3v) is 4.93. The molecule has 0 aromatic heterocycles. The minimum absolute atomic E-state index is 0.220. The van der Waals surface area contributed by atoms with Crippen LogP contribution in [-0.2, 0) is 14.8 Å². The van der Waals surface area contributed by atoms with Crippen LogP contribution in [0.15, 0.2) is 41.3 Å². The number of amides is 1. The highest BCUT2D eigenvalue weighted by molar-refractivity contribution is 7.92. The summed E-state index contributed by atoms with van der Waals surface area (Å²) in [4.78, 5) is 11.4. The molecule has 0 saturated heterocycles. The predicted molar refractivity (Wildman–Crippen MR) is 94.0 cm³/mol. The monoisotopic (exact) mass is 348 g/mol. The van der Waals surface area contributed by atoms with E-state index in [1.807, 2.05) is 13.0 Å².